The molecular formula is C15H10ClNO4. The minimum Gasteiger partial charge on any atom is -0.495 e. The highest BCUT2D eigenvalue weighted by Gasteiger charge is 2.14. The molecule has 1 heterocycles. The third kappa shape index (κ3) is 2.21. The molecule has 0 aliphatic rings. The zero-order chi connectivity index (χ0) is 15.0. The maximum absolute atomic E-state index is 12.6. The average molecular weight is 304 g/mol. The van der Waals surface area contributed by atoms with Crippen molar-refractivity contribution in [2.45, 2.75) is 0 Å². The van der Waals surface area contributed by atoms with E-state index in [4.69, 9.17) is 20.8 Å². The molecule has 21 heavy (non-hydrogen) atoms. The summed E-state index contributed by atoms with van der Waals surface area (Å²) in [5.41, 5.74) is 0.00873. The van der Waals surface area contributed by atoms with Gasteiger partial charge in [-0.3, -0.25) is 4.79 Å². The van der Waals surface area contributed by atoms with Gasteiger partial charge in [-0.25, -0.2) is 9.36 Å². The van der Waals surface area contributed by atoms with E-state index in [9.17, 15) is 9.59 Å². The lowest BCUT2D eigenvalue weighted by molar-refractivity contribution is 0.409. The van der Waals surface area contributed by atoms with Gasteiger partial charge >= 0.3 is 5.76 Å². The van der Waals surface area contributed by atoms with Crippen LogP contribution < -0.4 is 16.1 Å². The molecule has 6 heteroatoms. The highest BCUT2D eigenvalue weighted by Crippen LogP contribution is 2.21. The summed E-state index contributed by atoms with van der Waals surface area (Å²) in [6, 6.07) is 11.2. The van der Waals surface area contributed by atoms with Crippen molar-refractivity contribution in [1.29, 1.82) is 0 Å². The van der Waals surface area contributed by atoms with Crippen molar-refractivity contribution in [3.8, 4) is 11.4 Å². The van der Waals surface area contributed by atoms with Gasteiger partial charge in [0.25, 0.3) is 5.56 Å². The molecular weight excluding hydrogens is 294 g/mol. The number of halogens is 1. The molecule has 0 aliphatic carbocycles. The Morgan fingerprint density at radius 2 is 1.90 bits per heavy atom. The lowest BCUT2D eigenvalue weighted by Crippen LogP contribution is -2.31. The van der Waals surface area contributed by atoms with E-state index in [0.717, 1.165) is 4.57 Å². The molecule has 0 aliphatic heterocycles. The Bertz CT molecular complexity index is 942. The van der Waals surface area contributed by atoms with E-state index in [1.807, 2.05) is 0 Å². The molecule has 0 saturated heterocycles. The summed E-state index contributed by atoms with van der Waals surface area (Å²) in [5, 5.41) is 0.619. The highest BCUT2D eigenvalue weighted by molar-refractivity contribution is 6.31. The first kappa shape index (κ1) is 13.5. The van der Waals surface area contributed by atoms with E-state index >= 15 is 0 Å². The molecule has 0 unspecified atom stereocenters. The molecule has 0 bridgehead atoms. The maximum atomic E-state index is 12.6. The number of methoxy groups -OCH3 is 1. The van der Waals surface area contributed by atoms with Crippen LogP contribution in [-0.2, 0) is 0 Å². The zero-order valence-corrected chi connectivity index (χ0v) is 11.8. The lowest BCUT2D eigenvalue weighted by atomic mass is 10.2. The maximum Gasteiger partial charge on any atom is 0.427 e. The topological polar surface area (TPSA) is 61.4 Å². The van der Waals surface area contributed by atoms with Gasteiger partial charge in [0.15, 0.2) is 0 Å². The van der Waals surface area contributed by atoms with Gasteiger partial charge in [-0.1, -0.05) is 23.7 Å². The number of para-hydroxylation sites is 2. The van der Waals surface area contributed by atoms with Crippen molar-refractivity contribution in [2.75, 3.05) is 7.11 Å². The number of hydrogen-bond donors (Lipinski definition) is 0. The van der Waals surface area contributed by atoms with Crippen LogP contribution in [0, 0.1) is 0 Å². The second kappa shape index (κ2) is 5.10. The summed E-state index contributed by atoms with van der Waals surface area (Å²) in [7, 11) is 1.46. The molecule has 0 saturated carbocycles. The van der Waals surface area contributed by atoms with Crippen molar-refractivity contribution < 1.29 is 9.15 Å². The predicted octanol–water partition coefficient (Wildman–Crippen LogP) is 2.61. The number of hydrogen-bond acceptors (Lipinski definition) is 4. The van der Waals surface area contributed by atoms with E-state index in [2.05, 4.69) is 0 Å². The SMILES string of the molecule is COc1ccccc1-n1c(=O)oc2ccc(Cl)cc2c1=O. The molecule has 0 fully saturated rings. The standard InChI is InChI=1S/C15H10ClNO4/c1-20-13-5-3-2-4-11(13)17-14(18)10-8-9(16)6-7-12(10)21-15(17)19/h2-8H,1H3. The van der Waals surface area contributed by atoms with Crippen LogP contribution in [0.2, 0.25) is 5.02 Å². The Hall–Kier alpha value is -2.53. The Morgan fingerprint density at radius 1 is 1.14 bits per heavy atom. The Morgan fingerprint density at radius 3 is 2.67 bits per heavy atom. The van der Waals surface area contributed by atoms with E-state index < -0.39 is 11.3 Å². The fraction of sp³-hybridized carbons (Fsp3) is 0.0667. The molecule has 5 nitrogen and oxygen atoms in total. The Labute approximate surface area is 124 Å². The molecule has 0 spiro atoms. The van der Waals surface area contributed by atoms with Gasteiger partial charge in [0.1, 0.15) is 11.3 Å². The van der Waals surface area contributed by atoms with Gasteiger partial charge in [-0.15, -0.1) is 0 Å². The van der Waals surface area contributed by atoms with Crippen LogP contribution in [0.5, 0.6) is 5.75 Å². The van der Waals surface area contributed by atoms with Crippen molar-refractivity contribution in [3.63, 3.8) is 0 Å². The van der Waals surface area contributed by atoms with Crippen molar-refractivity contribution >= 4 is 22.6 Å². The van der Waals surface area contributed by atoms with Crippen LogP contribution in [0.25, 0.3) is 16.7 Å². The van der Waals surface area contributed by atoms with E-state index in [0.29, 0.717) is 16.5 Å². The second-order valence-electron chi connectivity index (χ2n) is 4.32. The van der Waals surface area contributed by atoms with Crippen LogP contribution in [0.4, 0.5) is 0 Å². The largest absolute Gasteiger partial charge is 0.495 e. The van der Waals surface area contributed by atoms with E-state index in [-0.39, 0.29) is 11.0 Å². The van der Waals surface area contributed by atoms with Crippen molar-refractivity contribution in [3.05, 3.63) is 68.4 Å². The summed E-state index contributed by atoms with van der Waals surface area (Å²) in [6.07, 6.45) is 0. The molecule has 106 valence electrons. The Kier molecular flexibility index (Phi) is 3.27. The molecule has 0 radical (unpaired) electrons. The number of nitrogens with zero attached hydrogens (tertiary/aromatic N) is 1. The molecule has 0 amide bonds. The van der Waals surface area contributed by atoms with Crippen molar-refractivity contribution in [2.24, 2.45) is 0 Å². The minimum atomic E-state index is -0.778. The first-order chi connectivity index (χ1) is 10.1. The zero-order valence-electron chi connectivity index (χ0n) is 11.0. The highest BCUT2D eigenvalue weighted by atomic mass is 35.5. The van der Waals surface area contributed by atoms with Gasteiger partial charge in [-0.05, 0) is 30.3 Å². The van der Waals surface area contributed by atoms with E-state index in [1.165, 1.54) is 19.2 Å². The van der Waals surface area contributed by atoms with E-state index in [1.54, 1.807) is 30.3 Å². The third-order valence-electron chi connectivity index (χ3n) is 3.08. The number of ether oxygens (including phenoxy) is 1. The average Bonchev–Trinajstić information content (AvgIpc) is 2.49. The fourth-order valence-corrected chi connectivity index (χ4v) is 2.30. The van der Waals surface area contributed by atoms with Gasteiger partial charge < -0.3 is 9.15 Å². The fourth-order valence-electron chi connectivity index (χ4n) is 2.12. The number of aromatic nitrogens is 1. The van der Waals surface area contributed by atoms with Gasteiger partial charge in [0, 0.05) is 5.02 Å². The van der Waals surface area contributed by atoms with Gasteiger partial charge in [-0.2, -0.15) is 0 Å². The molecule has 3 aromatic rings. The van der Waals surface area contributed by atoms with Crippen LogP contribution in [-0.4, -0.2) is 11.7 Å². The smallest absolute Gasteiger partial charge is 0.427 e. The minimum absolute atomic E-state index is 0.195. The lowest BCUT2D eigenvalue weighted by Gasteiger charge is -2.09. The van der Waals surface area contributed by atoms with Crippen LogP contribution in [0.3, 0.4) is 0 Å². The van der Waals surface area contributed by atoms with Gasteiger partial charge in [0.2, 0.25) is 0 Å². The first-order valence-electron chi connectivity index (χ1n) is 6.10. The summed E-state index contributed by atoms with van der Waals surface area (Å²) in [6.45, 7) is 0. The van der Waals surface area contributed by atoms with Crippen molar-refractivity contribution in [1.82, 2.24) is 4.57 Å². The normalized spacial score (nSPS) is 10.8. The summed E-state index contributed by atoms with van der Waals surface area (Å²) >= 11 is 5.89. The summed E-state index contributed by atoms with van der Waals surface area (Å²) < 4.78 is 11.3. The van der Waals surface area contributed by atoms with Crippen LogP contribution >= 0.6 is 11.6 Å². The third-order valence-corrected chi connectivity index (χ3v) is 3.32. The molecule has 0 atom stereocenters. The Balaban J connectivity index is 2.43. The first-order valence-corrected chi connectivity index (χ1v) is 6.48. The molecule has 3 rings (SSSR count). The monoisotopic (exact) mass is 303 g/mol. The van der Waals surface area contributed by atoms with Gasteiger partial charge in [0.05, 0.1) is 18.2 Å². The number of rotatable bonds is 2. The molecule has 1 aromatic heterocycles. The summed E-state index contributed by atoms with van der Waals surface area (Å²) in [5.74, 6) is -0.382. The second-order valence-corrected chi connectivity index (χ2v) is 4.76. The quantitative estimate of drug-likeness (QED) is 0.730. The molecule has 0 N–H and O–H groups in total. The number of fused-ring (bicyclic) bond motifs is 1. The summed E-state index contributed by atoms with van der Waals surface area (Å²) in [4.78, 5) is 24.7. The predicted molar refractivity (Wildman–Crippen MR) is 79.6 cm³/mol. The van der Waals surface area contributed by atoms with Crippen LogP contribution in [0.1, 0.15) is 0 Å². The van der Waals surface area contributed by atoms with Crippen LogP contribution in [0.15, 0.2) is 56.5 Å². The molecule has 2 aromatic carbocycles. The number of benzene rings is 2.